The molecule has 1 aromatic heterocycles. The second kappa shape index (κ2) is 4.77. The molecular formula is C18H18N2O. The van der Waals surface area contributed by atoms with Crippen molar-refractivity contribution in [3.63, 3.8) is 0 Å². The minimum atomic E-state index is -0.0225. The second-order valence-electron chi connectivity index (χ2n) is 5.54. The summed E-state index contributed by atoms with van der Waals surface area (Å²) in [6.07, 6.45) is 1.88. The number of nitrogens with two attached hydrogens (primary N) is 1. The van der Waals surface area contributed by atoms with E-state index in [0.717, 1.165) is 16.5 Å². The lowest BCUT2D eigenvalue weighted by atomic mass is 9.99. The molecule has 0 radical (unpaired) electrons. The van der Waals surface area contributed by atoms with E-state index in [-0.39, 0.29) is 5.78 Å². The van der Waals surface area contributed by atoms with E-state index < -0.39 is 0 Å². The maximum absolute atomic E-state index is 12.8. The molecule has 3 nitrogen and oxygen atoms in total. The van der Waals surface area contributed by atoms with Crippen LogP contribution in [0.1, 0.15) is 27.0 Å². The van der Waals surface area contributed by atoms with Crippen molar-refractivity contribution < 1.29 is 4.79 Å². The molecule has 3 heteroatoms. The zero-order valence-electron chi connectivity index (χ0n) is 12.5. The van der Waals surface area contributed by atoms with Gasteiger partial charge in [-0.15, -0.1) is 0 Å². The van der Waals surface area contributed by atoms with Gasteiger partial charge in [0.2, 0.25) is 0 Å². The van der Waals surface area contributed by atoms with Crippen LogP contribution in [0.15, 0.2) is 42.6 Å². The number of aryl methyl sites for hydroxylation is 3. The Morgan fingerprint density at radius 3 is 2.62 bits per heavy atom. The first-order valence-electron chi connectivity index (χ1n) is 6.94. The van der Waals surface area contributed by atoms with Gasteiger partial charge in [-0.25, -0.2) is 0 Å². The highest BCUT2D eigenvalue weighted by atomic mass is 16.1. The molecule has 106 valence electrons. The van der Waals surface area contributed by atoms with Gasteiger partial charge in [0, 0.05) is 41.0 Å². The number of hydrogen-bond acceptors (Lipinski definition) is 2. The predicted octanol–water partition coefficient (Wildman–Crippen LogP) is 3.61. The third-order valence-electron chi connectivity index (χ3n) is 3.96. The van der Waals surface area contributed by atoms with Gasteiger partial charge in [-0.3, -0.25) is 4.79 Å². The minimum absolute atomic E-state index is 0.0225. The topological polar surface area (TPSA) is 48.0 Å². The summed E-state index contributed by atoms with van der Waals surface area (Å²) >= 11 is 0. The van der Waals surface area contributed by atoms with E-state index in [9.17, 15) is 4.79 Å². The Bertz CT molecular complexity index is 859. The molecular weight excluding hydrogens is 260 g/mol. The summed E-state index contributed by atoms with van der Waals surface area (Å²) < 4.78 is 1.99. The highest BCUT2D eigenvalue weighted by Crippen LogP contribution is 2.27. The van der Waals surface area contributed by atoms with Gasteiger partial charge in [-0.1, -0.05) is 24.3 Å². The number of fused-ring (bicyclic) bond motifs is 1. The Morgan fingerprint density at radius 1 is 1.10 bits per heavy atom. The average Bonchev–Trinajstić information content (AvgIpc) is 2.78. The van der Waals surface area contributed by atoms with Gasteiger partial charge in [0.1, 0.15) is 0 Å². The summed E-state index contributed by atoms with van der Waals surface area (Å²) in [6, 6.07) is 11.7. The first-order valence-corrected chi connectivity index (χ1v) is 6.94. The van der Waals surface area contributed by atoms with E-state index >= 15 is 0 Å². The van der Waals surface area contributed by atoms with Crippen LogP contribution in [-0.4, -0.2) is 10.4 Å². The molecule has 0 bridgehead atoms. The highest BCUT2D eigenvalue weighted by molar-refractivity contribution is 6.18. The molecule has 0 saturated heterocycles. The van der Waals surface area contributed by atoms with E-state index in [1.807, 2.05) is 55.9 Å². The summed E-state index contributed by atoms with van der Waals surface area (Å²) in [5.74, 6) is -0.0225. The molecule has 3 rings (SSSR count). The molecule has 2 N–H and O–H groups in total. The van der Waals surface area contributed by atoms with Gasteiger partial charge >= 0.3 is 0 Å². The standard InChI is InChI=1S/C18H18N2O/c1-11-7-8-13-15(10-20(3)16(13)9-11)18(21)14-6-4-5-12(2)17(14)19/h4-10H,19H2,1-3H3. The summed E-state index contributed by atoms with van der Waals surface area (Å²) in [5, 5.41) is 0.967. The molecule has 0 amide bonds. The van der Waals surface area contributed by atoms with Crippen LogP contribution in [0.3, 0.4) is 0 Å². The second-order valence-corrected chi connectivity index (χ2v) is 5.54. The van der Waals surface area contributed by atoms with Gasteiger partial charge in [0.25, 0.3) is 0 Å². The Balaban J connectivity index is 2.21. The van der Waals surface area contributed by atoms with Gasteiger partial charge < -0.3 is 10.3 Å². The fourth-order valence-corrected chi connectivity index (χ4v) is 2.70. The van der Waals surface area contributed by atoms with Crippen molar-refractivity contribution >= 4 is 22.4 Å². The molecule has 0 aliphatic heterocycles. The van der Waals surface area contributed by atoms with Crippen molar-refractivity contribution in [2.45, 2.75) is 13.8 Å². The van der Waals surface area contributed by atoms with Crippen LogP contribution >= 0.6 is 0 Å². The number of rotatable bonds is 2. The Morgan fingerprint density at radius 2 is 1.86 bits per heavy atom. The number of carbonyl (C=O) groups is 1. The van der Waals surface area contributed by atoms with Gasteiger partial charge in [0.15, 0.2) is 5.78 Å². The lowest BCUT2D eigenvalue weighted by molar-refractivity contribution is 0.104. The fourth-order valence-electron chi connectivity index (χ4n) is 2.70. The smallest absolute Gasteiger partial charge is 0.197 e. The SMILES string of the molecule is Cc1ccc2c(C(=O)c3cccc(C)c3N)cn(C)c2c1. The van der Waals surface area contributed by atoms with Crippen molar-refractivity contribution in [3.8, 4) is 0 Å². The molecule has 2 aromatic carbocycles. The predicted molar refractivity (Wildman–Crippen MR) is 86.7 cm³/mol. The summed E-state index contributed by atoms with van der Waals surface area (Å²) in [4.78, 5) is 12.8. The maximum Gasteiger partial charge on any atom is 0.197 e. The van der Waals surface area contributed by atoms with Crippen molar-refractivity contribution in [1.82, 2.24) is 4.57 Å². The number of carbonyl (C=O) groups excluding carboxylic acids is 1. The maximum atomic E-state index is 12.8. The molecule has 3 aromatic rings. The number of anilines is 1. The van der Waals surface area contributed by atoms with Crippen LogP contribution in [-0.2, 0) is 7.05 Å². The summed E-state index contributed by atoms with van der Waals surface area (Å²) in [5.41, 5.74) is 11.1. The molecule has 0 saturated carbocycles. The van der Waals surface area contributed by atoms with Crippen LogP contribution in [0.25, 0.3) is 10.9 Å². The molecule has 0 atom stereocenters. The van der Waals surface area contributed by atoms with E-state index in [1.54, 1.807) is 6.07 Å². The van der Waals surface area contributed by atoms with Gasteiger partial charge in [0.05, 0.1) is 0 Å². The number of nitrogen functional groups attached to an aromatic ring is 1. The van der Waals surface area contributed by atoms with E-state index in [1.165, 1.54) is 5.56 Å². The molecule has 0 fully saturated rings. The molecule has 0 aliphatic carbocycles. The van der Waals surface area contributed by atoms with Crippen LogP contribution < -0.4 is 5.73 Å². The first kappa shape index (κ1) is 13.4. The van der Waals surface area contributed by atoms with E-state index in [0.29, 0.717) is 16.8 Å². The average molecular weight is 278 g/mol. The third-order valence-corrected chi connectivity index (χ3v) is 3.96. The number of aromatic nitrogens is 1. The Kier molecular flexibility index (Phi) is 3.05. The van der Waals surface area contributed by atoms with Crippen LogP contribution in [0, 0.1) is 13.8 Å². The van der Waals surface area contributed by atoms with Crippen molar-refractivity contribution in [2.75, 3.05) is 5.73 Å². The first-order chi connectivity index (χ1) is 9.99. The van der Waals surface area contributed by atoms with Crippen molar-refractivity contribution in [1.29, 1.82) is 0 Å². The fraction of sp³-hybridized carbons (Fsp3) is 0.167. The van der Waals surface area contributed by atoms with Crippen molar-refractivity contribution in [3.05, 3.63) is 64.8 Å². The number of benzene rings is 2. The van der Waals surface area contributed by atoms with Crippen LogP contribution in [0.5, 0.6) is 0 Å². The largest absolute Gasteiger partial charge is 0.398 e. The van der Waals surface area contributed by atoms with Gasteiger partial charge in [-0.05, 0) is 37.1 Å². The normalized spacial score (nSPS) is 11.0. The number of hydrogen-bond donors (Lipinski definition) is 1. The number of ketones is 1. The zero-order chi connectivity index (χ0) is 15.1. The minimum Gasteiger partial charge on any atom is -0.398 e. The molecule has 21 heavy (non-hydrogen) atoms. The number of para-hydroxylation sites is 1. The quantitative estimate of drug-likeness (QED) is 0.575. The third kappa shape index (κ3) is 2.11. The van der Waals surface area contributed by atoms with Crippen molar-refractivity contribution in [2.24, 2.45) is 7.05 Å². The highest BCUT2D eigenvalue weighted by Gasteiger charge is 2.18. The van der Waals surface area contributed by atoms with Crippen LogP contribution in [0.4, 0.5) is 5.69 Å². The summed E-state index contributed by atoms with van der Waals surface area (Å²) in [7, 11) is 1.96. The zero-order valence-corrected chi connectivity index (χ0v) is 12.5. The lowest BCUT2D eigenvalue weighted by Gasteiger charge is -2.06. The lowest BCUT2D eigenvalue weighted by Crippen LogP contribution is -2.06. The molecule has 1 heterocycles. The van der Waals surface area contributed by atoms with Crippen LogP contribution in [0.2, 0.25) is 0 Å². The molecule has 0 aliphatic rings. The molecule has 0 unspecified atom stereocenters. The molecule has 0 spiro atoms. The Labute approximate surface area is 124 Å². The van der Waals surface area contributed by atoms with E-state index in [4.69, 9.17) is 5.73 Å². The van der Waals surface area contributed by atoms with Gasteiger partial charge in [-0.2, -0.15) is 0 Å². The summed E-state index contributed by atoms with van der Waals surface area (Å²) in [6.45, 7) is 3.96. The number of nitrogens with zero attached hydrogens (tertiary/aromatic N) is 1. The monoisotopic (exact) mass is 278 g/mol. The Hall–Kier alpha value is -2.55. The van der Waals surface area contributed by atoms with E-state index in [2.05, 4.69) is 6.07 Å².